The number of methoxy groups -OCH3 is 1. The molecule has 1 aliphatic rings. The Bertz CT molecular complexity index is 234. The quantitative estimate of drug-likeness (QED) is 0.654. The van der Waals surface area contributed by atoms with E-state index < -0.39 is 5.54 Å². The van der Waals surface area contributed by atoms with Crippen LogP contribution < -0.4 is 5.32 Å². The number of hydrogen-bond acceptors (Lipinski definition) is 3. The van der Waals surface area contributed by atoms with Gasteiger partial charge in [0.25, 0.3) is 5.91 Å². The van der Waals surface area contributed by atoms with Gasteiger partial charge in [-0.1, -0.05) is 0 Å². The largest absolute Gasteiger partial charge is 0.385 e. The average molecular weight is 184 g/mol. The lowest BCUT2D eigenvalue weighted by atomic mass is 10.1. The number of carbonyl (C=O) groups is 1. The van der Waals surface area contributed by atoms with Crippen molar-refractivity contribution in [1.29, 1.82) is 0 Å². The number of nitrogens with one attached hydrogen (secondary N) is 1. The molecule has 0 aromatic heterocycles. The van der Waals surface area contributed by atoms with Gasteiger partial charge in [0.15, 0.2) is 0 Å². The van der Waals surface area contributed by atoms with Gasteiger partial charge < -0.3 is 10.1 Å². The normalized spacial score (nSPS) is 19.9. The second-order valence-corrected chi connectivity index (χ2v) is 3.67. The van der Waals surface area contributed by atoms with Crippen LogP contribution in [0, 0.1) is 0 Å². The number of amides is 1. The maximum Gasteiger partial charge on any atom is 0.252 e. The van der Waals surface area contributed by atoms with Crippen LogP contribution in [0.4, 0.5) is 0 Å². The molecule has 0 saturated carbocycles. The third-order valence-electron chi connectivity index (χ3n) is 1.99. The molecular formula is C9H16N2O2. The summed E-state index contributed by atoms with van der Waals surface area (Å²) in [4.78, 5) is 15.6. The summed E-state index contributed by atoms with van der Waals surface area (Å²) >= 11 is 0. The first-order chi connectivity index (χ1) is 6.06. The lowest BCUT2D eigenvalue weighted by Crippen LogP contribution is -2.34. The fraction of sp³-hybridized carbons (Fsp3) is 0.778. The van der Waals surface area contributed by atoms with Gasteiger partial charge in [0.1, 0.15) is 11.4 Å². The van der Waals surface area contributed by atoms with E-state index in [1.54, 1.807) is 7.11 Å². The monoisotopic (exact) mass is 184 g/mol. The van der Waals surface area contributed by atoms with Gasteiger partial charge in [-0.2, -0.15) is 0 Å². The predicted octanol–water partition coefficient (Wildman–Crippen LogP) is 0.720. The molecule has 0 unspecified atom stereocenters. The van der Waals surface area contributed by atoms with E-state index in [2.05, 4.69) is 10.3 Å². The van der Waals surface area contributed by atoms with E-state index in [4.69, 9.17) is 4.74 Å². The molecule has 0 radical (unpaired) electrons. The van der Waals surface area contributed by atoms with E-state index in [-0.39, 0.29) is 5.91 Å². The molecule has 1 heterocycles. The molecule has 4 heteroatoms. The van der Waals surface area contributed by atoms with Crippen LogP contribution in [0.25, 0.3) is 0 Å². The van der Waals surface area contributed by atoms with Crippen molar-refractivity contribution < 1.29 is 9.53 Å². The minimum absolute atomic E-state index is 0.0140. The third kappa shape index (κ3) is 2.52. The number of aliphatic imine (C=N–C) groups is 1. The molecule has 0 aromatic carbocycles. The van der Waals surface area contributed by atoms with Gasteiger partial charge in [0, 0.05) is 20.1 Å². The summed E-state index contributed by atoms with van der Waals surface area (Å²) in [7, 11) is 1.67. The molecule has 1 amide bonds. The molecule has 0 aromatic rings. The van der Waals surface area contributed by atoms with E-state index in [9.17, 15) is 4.79 Å². The van der Waals surface area contributed by atoms with Crippen LogP contribution in [-0.2, 0) is 9.53 Å². The van der Waals surface area contributed by atoms with Crippen LogP contribution in [0.3, 0.4) is 0 Å². The second kappa shape index (κ2) is 3.87. The standard InChI is InChI=1S/C9H16N2O2/c1-9(2)8(12)10-7(11-9)5-4-6-13-3/h4-6H2,1-3H3,(H,10,11,12). The van der Waals surface area contributed by atoms with Crippen molar-refractivity contribution in [2.45, 2.75) is 32.2 Å². The first-order valence-corrected chi connectivity index (χ1v) is 4.45. The molecule has 0 atom stereocenters. The lowest BCUT2D eigenvalue weighted by molar-refractivity contribution is -0.122. The summed E-state index contributed by atoms with van der Waals surface area (Å²) in [5.74, 6) is 0.770. The van der Waals surface area contributed by atoms with Crippen molar-refractivity contribution in [2.24, 2.45) is 4.99 Å². The van der Waals surface area contributed by atoms with E-state index in [0.717, 1.165) is 18.7 Å². The smallest absolute Gasteiger partial charge is 0.252 e. The molecule has 1 aliphatic heterocycles. The van der Waals surface area contributed by atoms with Crippen LogP contribution in [-0.4, -0.2) is 31.0 Å². The highest BCUT2D eigenvalue weighted by atomic mass is 16.5. The van der Waals surface area contributed by atoms with Gasteiger partial charge in [-0.05, 0) is 20.3 Å². The molecule has 13 heavy (non-hydrogen) atoms. The van der Waals surface area contributed by atoms with Gasteiger partial charge in [-0.3, -0.25) is 9.79 Å². The Balaban J connectivity index is 2.41. The third-order valence-corrected chi connectivity index (χ3v) is 1.99. The Morgan fingerprint density at radius 1 is 1.54 bits per heavy atom. The zero-order valence-corrected chi connectivity index (χ0v) is 8.39. The topological polar surface area (TPSA) is 50.7 Å². The highest BCUT2D eigenvalue weighted by Crippen LogP contribution is 2.15. The Kier molecular flexibility index (Phi) is 3.03. The van der Waals surface area contributed by atoms with E-state index in [0.29, 0.717) is 6.61 Å². The molecule has 74 valence electrons. The number of amidine groups is 1. The summed E-state index contributed by atoms with van der Waals surface area (Å²) in [5.41, 5.74) is -0.581. The Morgan fingerprint density at radius 2 is 2.23 bits per heavy atom. The number of rotatable bonds is 4. The molecule has 0 bridgehead atoms. The number of hydrogen-bond donors (Lipinski definition) is 1. The van der Waals surface area contributed by atoms with Crippen LogP contribution >= 0.6 is 0 Å². The maximum absolute atomic E-state index is 11.3. The van der Waals surface area contributed by atoms with Gasteiger partial charge in [-0.25, -0.2) is 0 Å². The van der Waals surface area contributed by atoms with E-state index >= 15 is 0 Å². The fourth-order valence-corrected chi connectivity index (χ4v) is 1.20. The molecule has 1 N–H and O–H groups in total. The minimum atomic E-state index is -0.581. The summed E-state index contributed by atoms with van der Waals surface area (Å²) < 4.78 is 4.91. The summed E-state index contributed by atoms with van der Waals surface area (Å²) in [6.07, 6.45) is 1.68. The zero-order valence-electron chi connectivity index (χ0n) is 8.39. The number of ether oxygens (including phenoxy) is 1. The SMILES string of the molecule is COCCCC1=NC(C)(C)C(=O)N1. The van der Waals surface area contributed by atoms with Crippen molar-refractivity contribution in [3.05, 3.63) is 0 Å². The van der Waals surface area contributed by atoms with E-state index in [1.807, 2.05) is 13.8 Å². The van der Waals surface area contributed by atoms with Crippen molar-refractivity contribution >= 4 is 11.7 Å². The van der Waals surface area contributed by atoms with Crippen molar-refractivity contribution in [3.8, 4) is 0 Å². The van der Waals surface area contributed by atoms with Crippen LogP contribution in [0.15, 0.2) is 4.99 Å². The van der Waals surface area contributed by atoms with E-state index in [1.165, 1.54) is 0 Å². The van der Waals surface area contributed by atoms with Crippen molar-refractivity contribution in [2.75, 3.05) is 13.7 Å². The Hall–Kier alpha value is -0.900. The molecule has 0 spiro atoms. The first-order valence-electron chi connectivity index (χ1n) is 4.45. The Labute approximate surface area is 78.4 Å². The summed E-state index contributed by atoms with van der Waals surface area (Å²) in [6, 6.07) is 0. The molecular weight excluding hydrogens is 168 g/mol. The van der Waals surface area contributed by atoms with Crippen LogP contribution in [0.2, 0.25) is 0 Å². The van der Waals surface area contributed by atoms with Gasteiger partial charge in [0.2, 0.25) is 0 Å². The summed E-state index contributed by atoms with van der Waals surface area (Å²) in [6.45, 7) is 4.33. The highest BCUT2D eigenvalue weighted by Gasteiger charge is 2.33. The number of nitrogens with zero attached hydrogens (tertiary/aromatic N) is 1. The Morgan fingerprint density at radius 3 is 2.69 bits per heavy atom. The maximum atomic E-state index is 11.3. The fourth-order valence-electron chi connectivity index (χ4n) is 1.20. The molecule has 4 nitrogen and oxygen atoms in total. The first kappa shape index (κ1) is 10.2. The van der Waals surface area contributed by atoms with Gasteiger partial charge in [-0.15, -0.1) is 0 Å². The van der Waals surface area contributed by atoms with Gasteiger partial charge >= 0.3 is 0 Å². The second-order valence-electron chi connectivity index (χ2n) is 3.67. The molecule has 0 fully saturated rings. The molecule has 1 rings (SSSR count). The van der Waals surface area contributed by atoms with Crippen LogP contribution in [0.1, 0.15) is 26.7 Å². The van der Waals surface area contributed by atoms with Crippen molar-refractivity contribution in [3.63, 3.8) is 0 Å². The minimum Gasteiger partial charge on any atom is -0.385 e. The van der Waals surface area contributed by atoms with Gasteiger partial charge in [0.05, 0.1) is 0 Å². The number of carbonyl (C=O) groups excluding carboxylic acids is 1. The summed E-state index contributed by atoms with van der Waals surface area (Å²) in [5, 5.41) is 2.76. The molecule has 0 saturated heterocycles. The van der Waals surface area contributed by atoms with Crippen molar-refractivity contribution in [1.82, 2.24) is 5.32 Å². The van der Waals surface area contributed by atoms with Crippen LogP contribution in [0.5, 0.6) is 0 Å². The average Bonchev–Trinajstić information content (AvgIpc) is 2.27. The zero-order chi connectivity index (χ0) is 9.90. The lowest BCUT2D eigenvalue weighted by Gasteiger charge is -2.07. The predicted molar refractivity (Wildman–Crippen MR) is 50.8 cm³/mol. The highest BCUT2D eigenvalue weighted by molar-refractivity contribution is 6.07. The molecule has 0 aliphatic carbocycles.